The summed E-state index contributed by atoms with van der Waals surface area (Å²) in [6.45, 7) is 0.296. The molecule has 2 aromatic rings. The summed E-state index contributed by atoms with van der Waals surface area (Å²) in [5, 5.41) is 0. The molecule has 0 bridgehead atoms. The SMILES string of the molecule is O=C1O[C@H](CNS(=O)(=O)c2cccnc2)CN1c1ccccc1. The number of rotatable bonds is 5. The number of nitrogens with one attached hydrogen (secondary N) is 1. The van der Waals surface area contributed by atoms with Gasteiger partial charge in [0.25, 0.3) is 0 Å². The summed E-state index contributed by atoms with van der Waals surface area (Å²) < 4.78 is 31.9. The number of cyclic esters (lactones) is 1. The van der Waals surface area contributed by atoms with E-state index in [1.54, 1.807) is 18.2 Å². The molecule has 1 aliphatic heterocycles. The van der Waals surface area contributed by atoms with Crippen molar-refractivity contribution in [2.24, 2.45) is 0 Å². The number of benzene rings is 1. The number of anilines is 1. The molecule has 0 aliphatic carbocycles. The van der Waals surface area contributed by atoms with Crippen LogP contribution in [0.25, 0.3) is 0 Å². The number of ether oxygens (including phenoxy) is 1. The van der Waals surface area contributed by atoms with E-state index in [0.717, 1.165) is 5.69 Å². The van der Waals surface area contributed by atoms with Crippen LogP contribution in [0, 0.1) is 0 Å². The Labute approximate surface area is 134 Å². The van der Waals surface area contributed by atoms with Crippen LogP contribution in [0.1, 0.15) is 0 Å². The molecule has 1 N–H and O–H groups in total. The number of pyridine rings is 1. The van der Waals surface area contributed by atoms with Gasteiger partial charge in [-0.2, -0.15) is 0 Å². The van der Waals surface area contributed by atoms with E-state index in [0.29, 0.717) is 6.54 Å². The smallest absolute Gasteiger partial charge is 0.414 e. The molecule has 0 unspecified atom stereocenters. The van der Waals surface area contributed by atoms with Gasteiger partial charge in [0, 0.05) is 24.6 Å². The van der Waals surface area contributed by atoms with E-state index in [-0.39, 0.29) is 11.4 Å². The zero-order valence-corrected chi connectivity index (χ0v) is 12.9. The van der Waals surface area contributed by atoms with Crippen LogP contribution in [0.2, 0.25) is 0 Å². The molecule has 120 valence electrons. The Morgan fingerprint density at radius 3 is 2.70 bits per heavy atom. The average Bonchev–Trinajstić information content (AvgIpc) is 2.96. The van der Waals surface area contributed by atoms with Crippen LogP contribution < -0.4 is 9.62 Å². The molecule has 1 aromatic heterocycles. The molecule has 1 saturated heterocycles. The van der Waals surface area contributed by atoms with E-state index >= 15 is 0 Å². The lowest BCUT2D eigenvalue weighted by atomic mass is 10.3. The normalized spacial score (nSPS) is 18.0. The zero-order valence-electron chi connectivity index (χ0n) is 12.1. The van der Waals surface area contributed by atoms with Gasteiger partial charge in [-0.05, 0) is 24.3 Å². The highest BCUT2D eigenvalue weighted by Gasteiger charge is 2.33. The van der Waals surface area contributed by atoms with Crippen molar-refractivity contribution in [3.05, 3.63) is 54.9 Å². The van der Waals surface area contributed by atoms with Crippen molar-refractivity contribution in [3.63, 3.8) is 0 Å². The van der Waals surface area contributed by atoms with Crippen molar-refractivity contribution in [1.29, 1.82) is 0 Å². The largest absolute Gasteiger partial charge is 0.443 e. The maximum absolute atomic E-state index is 12.1. The van der Waals surface area contributed by atoms with Gasteiger partial charge >= 0.3 is 6.09 Å². The highest BCUT2D eigenvalue weighted by molar-refractivity contribution is 7.89. The van der Waals surface area contributed by atoms with Gasteiger partial charge in [0.2, 0.25) is 10.0 Å². The van der Waals surface area contributed by atoms with E-state index in [4.69, 9.17) is 4.74 Å². The van der Waals surface area contributed by atoms with Crippen molar-refractivity contribution in [1.82, 2.24) is 9.71 Å². The summed E-state index contributed by atoms with van der Waals surface area (Å²) in [6.07, 6.45) is 1.73. The summed E-state index contributed by atoms with van der Waals surface area (Å²) in [5.41, 5.74) is 0.718. The number of para-hydroxylation sites is 1. The van der Waals surface area contributed by atoms with Gasteiger partial charge in [0.1, 0.15) is 11.0 Å². The second kappa shape index (κ2) is 6.35. The quantitative estimate of drug-likeness (QED) is 0.893. The van der Waals surface area contributed by atoms with Gasteiger partial charge in [0.15, 0.2) is 0 Å². The highest BCUT2D eigenvalue weighted by atomic mass is 32.2. The van der Waals surface area contributed by atoms with Crippen molar-refractivity contribution < 1.29 is 17.9 Å². The molecule has 1 atom stereocenters. The first-order valence-corrected chi connectivity index (χ1v) is 8.47. The highest BCUT2D eigenvalue weighted by Crippen LogP contribution is 2.21. The summed E-state index contributed by atoms with van der Waals surface area (Å²) in [6, 6.07) is 12.1. The number of carbonyl (C=O) groups excluding carboxylic acids is 1. The number of sulfonamides is 1. The predicted octanol–water partition coefficient (Wildman–Crippen LogP) is 1.39. The van der Waals surface area contributed by atoms with Crippen LogP contribution in [-0.4, -0.2) is 38.7 Å². The van der Waals surface area contributed by atoms with E-state index < -0.39 is 22.2 Å². The summed E-state index contributed by atoms with van der Waals surface area (Å²) in [7, 11) is -3.67. The number of aromatic nitrogens is 1. The standard InChI is InChI=1S/C15H15N3O4S/c19-15-18(12-5-2-1-3-6-12)11-13(22-15)9-17-23(20,21)14-7-4-8-16-10-14/h1-8,10,13,17H,9,11H2/t13-/m1/s1. The molecular weight excluding hydrogens is 318 g/mol. The second-order valence-corrected chi connectivity index (χ2v) is 6.76. The fraction of sp³-hybridized carbons (Fsp3) is 0.200. The monoisotopic (exact) mass is 333 g/mol. The van der Waals surface area contributed by atoms with Gasteiger partial charge in [0.05, 0.1) is 6.54 Å². The lowest BCUT2D eigenvalue weighted by Gasteiger charge is -2.12. The van der Waals surface area contributed by atoms with E-state index in [2.05, 4.69) is 9.71 Å². The Morgan fingerprint density at radius 2 is 2.00 bits per heavy atom. The zero-order chi connectivity index (χ0) is 16.3. The Kier molecular flexibility index (Phi) is 4.26. The third-order valence-electron chi connectivity index (χ3n) is 3.39. The molecule has 3 rings (SSSR count). The molecule has 1 amide bonds. The number of hydrogen-bond donors (Lipinski definition) is 1. The first kappa shape index (κ1) is 15.4. The molecule has 0 spiro atoms. The lowest BCUT2D eigenvalue weighted by molar-refractivity contribution is 0.143. The van der Waals surface area contributed by atoms with Crippen molar-refractivity contribution in [2.75, 3.05) is 18.0 Å². The minimum atomic E-state index is -3.67. The first-order chi connectivity index (χ1) is 11.1. The second-order valence-electron chi connectivity index (χ2n) is 4.99. The summed E-state index contributed by atoms with van der Waals surface area (Å²) >= 11 is 0. The molecule has 7 nitrogen and oxygen atoms in total. The number of hydrogen-bond acceptors (Lipinski definition) is 5. The van der Waals surface area contributed by atoms with Crippen molar-refractivity contribution >= 4 is 21.8 Å². The van der Waals surface area contributed by atoms with Crippen LogP contribution in [-0.2, 0) is 14.8 Å². The van der Waals surface area contributed by atoms with Gasteiger partial charge in [-0.1, -0.05) is 18.2 Å². The molecule has 8 heteroatoms. The Balaban J connectivity index is 1.63. The number of amides is 1. The van der Waals surface area contributed by atoms with Crippen molar-refractivity contribution in [2.45, 2.75) is 11.0 Å². The molecule has 0 radical (unpaired) electrons. The Hall–Kier alpha value is -2.45. The van der Waals surface area contributed by atoms with Gasteiger partial charge in [-0.3, -0.25) is 9.88 Å². The van der Waals surface area contributed by atoms with Crippen LogP contribution in [0.3, 0.4) is 0 Å². The fourth-order valence-corrected chi connectivity index (χ4v) is 3.27. The first-order valence-electron chi connectivity index (χ1n) is 6.99. The molecule has 23 heavy (non-hydrogen) atoms. The summed E-state index contributed by atoms with van der Waals surface area (Å²) in [5.74, 6) is 0. The Morgan fingerprint density at radius 1 is 1.22 bits per heavy atom. The molecular formula is C15H15N3O4S. The van der Waals surface area contributed by atoms with E-state index in [1.165, 1.54) is 23.4 Å². The third kappa shape index (κ3) is 3.49. The molecule has 1 aromatic carbocycles. The molecule has 1 fully saturated rings. The fourth-order valence-electron chi connectivity index (χ4n) is 2.24. The van der Waals surface area contributed by atoms with Crippen LogP contribution >= 0.6 is 0 Å². The van der Waals surface area contributed by atoms with Gasteiger partial charge in [-0.25, -0.2) is 17.9 Å². The summed E-state index contributed by atoms with van der Waals surface area (Å²) in [4.78, 5) is 17.2. The van der Waals surface area contributed by atoms with Crippen molar-refractivity contribution in [3.8, 4) is 0 Å². The maximum atomic E-state index is 12.1. The third-order valence-corrected chi connectivity index (χ3v) is 4.80. The topological polar surface area (TPSA) is 88.6 Å². The number of carbonyl (C=O) groups is 1. The lowest BCUT2D eigenvalue weighted by Crippen LogP contribution is -2.34. The van der Waals surface area contributed by atoms with E-state index in [9.17, 15) is 13.2 Å². The Bertz CT molecular complexity index is 781. The van der Waals surface area contributed by atoms with Gasteiger partial charge < -0.3 is 4.74 Å². The average molecular weight is 333 g/mol. The molecule has 1 aliphatic rings. The van der Waals surface area contributed by atoms with Gasteiger partial charge in [-0.15, -0.1) is 0 Å². The number of nitrogens with zero attached hydrogens (tertiary/aromatic N) is 2. The van der Waals surface area contributed by atoms with Crippen LogP contribution in [0.5, 0.6) is 0 Å². The maximum Gasteiger partial charge on any atom is 0.414 e. The van der Waals surface area contributed by atoms with Crippen LogP contribution in [0.4, 0.5) is 10.5 Å². The van der Waals surface area contributed by atoms with E-state index in [1.807, 2.05) is 18.2 Å². The molecule has 0 saturated carbocycles. The molecule has 2 heterocycles. The van der Waals surface area contributed by atoms with Crippen LogP contribution in [0.15, 0.2) is 59.8 Å². The minimum absolute atomic E-state index is 0.00625. The predicted molar refractivity (Wildman–Crippen MR) is 83.5 cm³/mol. The minimum Gasteiger partial charge on any atom is -0.443 e.